The van der Waals surface area contributed by atoms with Gasteiger partial charge in [-0.05, 0) is 48.1 Å². The highest BCUT2D eigenvalue weighted by Gasteiger charge is 2.57. The zero-order valence-corrected chi connectivity index (χ0v) is 18.1. The van der Waals surface area contributed by atoms with Crippen molar-refractivity contribution >= 4 is 34.9 Å². The Morgan fingerprint density at radius 3 is 2.58 bits per heavy atom. The fourth-order valence-electron chi connectivity index (χ4n) is 5.21. The van der Waals surface area contributed by atoms with Crippen molar-refractivity contribution in [1.29, 1.82) is 0 Å². The van der Waals surface area contributed by atoms with Crippen LogP contribution in [0, 0.1) is 23.6 Å². The van der Waals surface area contributed by atoms with E-state index < -0.39 is 11.8 Å². The van der Waals surface area contributed by atoms with Gasteiger partial charge in [0.1, 0.15) is 11.5 Å². The topological polar surface area (TPSA) is 73.7 Å². The lowest BCUT2D eigenvalue weighted by molar-refractivity contribution is -0.137. The number of aromatic nitrogens is 1. The summed E-state index contributed by atoms with van der Waals surface area (Å²) in [5, 5.41) is 9.06. The maximum atomic E-state index is 14.0. The second kappa shape index (κ2) is 6.92. The highest BCUT2D eigenvalue weighted by molar-refractivity contribution is 6.30. The van der Waals surface area contributed by atoms with Crippen LogP contribution in [0.2, 0.25) is 5.02 Å². The molecule has 1 aromatic carbocycles. The molecule has 0 spiro atoms. The minimum Gasteiger partial charge on any atom is -0.481 e. The number of fused-ring (bicyclic) bond motifs is 2. The predicted octanol–water partition coefficient (Wildman–Crippen LogP) is 4.10. The number of hydrogen-bond acceptors (Lipinski definition) is 4. The van der Waals surface area contributed by atoms with Crippen LogP contribution in [0.1, 0.15) is 36.5 Å². The fourth-order valence-corrected chi connectivity index (χ4v) is 5.32. The van der Waals surface area contributed by atoms with Crippen molar-refractivity contribution in [2.24, 2.45) is 17.8 Å². The fraction of sp³-hybridized carbons (Fsp3) is 0.435. The maximum absolute atomic E-state index is 14.0. The van der Waals surface area contributed by atoms with E-state index in [1.54, 1.807) is 23.1 Å². The molecule has 8 heteroatoms. The normalized spacial score (nSPS) is 25.4. The minimum absolute atomic E-state index is 0.0794. The van der Waals surface area contributed by atoms with Crippen LogP contribution in [0.4, 0.5) is 15.8 Å². The van der Waals surface area contributed by atoms with Gasteiger partial charge in [-0.15, -0.1) is 0 Å². The van der Waals surface area contributed by atoms with Crippen molar-refractivity contribution in [3.8, 4) is 0 Å². The molecular formula is C23H23ClFN3O3. The van der Waals surface area contributed by atoms with Crippen LogP contribution in [-0.2, 0) is 10.2 Å². The number of pyridine rings is 1. The zero-order valence-electron chi connectivity index (χ0n) is 17.3. The summed E-state index contributed by atoms with van der Waals surface area (Å²) in [6.07, 6.45) is 0.184. The molecule has 1 amide bonds. The van der Waals surface area contributed by atoms with Gasteiger partial charge in [-0.25, -0.2) is 9.37 Å². The van der Waals surface area contributed by atoms with Gasteiger partial charge in [0, 0.05) is 37.2 Å². The molecule has 1 aromatic heterocycles. The molecule has 1 saturated carbocycles. The minimum atomic E-state index is -0.773. The number of carboxylic acid groups (broad SMARTS) is 1. The number of piperidine rings is 1. The summed E-state index contributed by atoms with van der Waals surface area (Å²) in [7, 11) is 0. The van der Waals surface area contributed by atoms with Crippen molar-refractivity contribution < 1.29 is 19.1 Å². The second-order valence-electron chi connectivity index (χ2n) is 9.43. The van der Waals surface area contributed by atoms with Crippen molar-refractivity contribution in [2.45, 2.75) is 25.7 Å². The number of likely N-dealkylation sites (tertiary alicyclic amines) is 1. The Kier molecular flexibility index (Phi) is 4.52. The first-order chi connectivity index (χ1) is 14.7. The maximum Gasteiger partial charge on any atom is 0.303 e. The first-order valence-corrected chi connectivity index (χ1v) is 10.8. The highest BCUT2D eigenvalue weighted by Crippen LogP contribution is 2.53. The van der Waals surface area contributed by atoms with Crippen molar-refractivity contribution in [2.75, 3.05) is 24.5 Å². The summed E-state index contributed by atoms with van der Waals surface area (Å²) in [5.74, 6) is -0.580. The average molecular weight is 444 g/mol. The zero-order chi connectivity index (χ0) is 22.1. The van der Waals surface area contributed by atoms with E-state index in [4.69, 9.17) is 21.7 Å². The molecule has 31 heavy (non-hydrogen) atoms. The summed E-state index contributed by atoms with van der Waals surface area (Å²) in [5.41, 5.74) is 2.43. The Balaban J connectivity index is 1.37. The number of rotatable bonds is 4. The van der Waals surface area contributed by atoms with Gasteiger partial charge in [0.2, 0.25) is 0 Å². The lowest BCUT2D eigenvalue weighted by Crippen LogP contribution is -2.33. The van der Waals surface area contributed by atoms with E-state index in [0.29, 0.717) is 42.9 Å². The lowest BCUT2D eigenvalue weighted by atomic mass is 9.91. The number of benzene rings is 1. The molecule has 5 rings (SSSR count). The number of halogens is 2. The third-order valence-electron chi connectivity index (χ3n) is 6.86. The lowest BCUT2D eigenvalue weighted by Gasteiger charge is -2.22. The monoisotopic (exact) mass is 443 g/mol. The van der Waals surface area contributed by atoms with Crippen LogP contribution in [0.5, 0.6) is 0 Å². The second-order valence-corrected chi connectivity index (χ2v) is 9.84. The van der Waals surface area contributed by atoms with Crippen molar-refractivity contribution in [3.05, 3.63) is 52.6 Å². The molecule has 2 aliphatic heterocycles. The van der Waals surface area contributed by atoms with Crippen LogP contribution in [0.25, 0.3) is 0 Å². The Labute approximate surface area is 184 Å². The third kappa shape index (κ3) is 3.35. The van der Waals surface area contributed by atoms with E-state index in [-0.39, 0.29) is 28.7 Å². The van der Waals surface area contributed by atoms with Crippen LogP contribution < -0.4 is 4.90 Å². The van der Waals surface area contributed by atoms with Gasteiger partial charge in [0.05, 0.1) is 16.4 Å². The Morgan fingerprint density at radius 2 is 1.94 bits per heavy atom. The van der Waals surface area contributed by atoms with Gasteiger partial charge < -0.3 is 14.9 Å². The standard InChI is InChI=1S/C23H23ClFN3O3/c1-23(2)11-28(12-3-4-16(24)17(25)7-12)19-6-5-18(26-21(19)23)22(31)27-9-14-13(8-20(29)30)15(14)10-27/h3-7,13-15H,8-11H2,1-2H3,(H,29,30)/t13?,14-,15+. The number of carbonyl (C=O) groups is 2. The number of carboxylic acids is 1. The Hall–Kier alpha value is -2.67. The summed E-state index contributed by atoms with van der Waals surface area (Å²) in [6, 6.07) is 8.33. The molecule has 2 fully saturated rings. The number of anilines is 2. The Bertz CT molecular complexity index is 1090. The van der Waals surface area contributed by atoms with E-state index >= 15 is 0 Å². The molecule has 3 atom stereocenters. The van der Waals surface area contributed by atoms with E-state index in [0.717, 1.165) is 11.4 Å². The molecule has 6 nitrogen and oxygen atoms in total. The molecule has 0 bridgehead atoms. The summed E-state index contributed by atoms with van der Waals surface area (Å²) in [4.78, 5) is 32.5. The van der Waals surface area contributed by atoms with Gasteiger partial charge in [0.25, 0.3) is 5.91 Å². The molecule has 2 aromatic rings. The van der Waals surface area contributed by atoms with Crippen LogP contribution in [-0.4, -0.2) is 46.5 Å². The van der Waals surface area contributed by atoms with E-state index in [1.807, 2.05) is 11.0 Å². The molecule has 3 heterocycles. The summed E-state index contributed by atoms with van der Waals surface area (Å²) in [6.45, 7) is 5.92. The highest BCUT2D eigenvalue weighted by atomic mass is 35.5. The first kappa shape index (κ1) is 20.2. The number of carbonyl (C=O) groups excluding carboxylic acids is 1. The summed E-state index contributed by atoms with van der Waals surface area (Å²) < 4.78 is 14.0. The molecule has 1 unspecified atom stereocenters. The number of nitrogens with zero attached hydrogens (tertiary/aromatic N) is 3. The smallest absolute Gasteiger partial charge is 0.303 e. The van der Waals surface area contributed by atoms with Crippen molar-refractivity contribution in [1.82, 2.24) is 9.88 Å². The van der Waals surface area contributed by atoms with Crippen LogP contribution >= 0.6 is 11.6 Å². The summed E-state index contributed by atoms with van der Waals surface area (Å²) >= 11 is 5.83. The van der Waals surface area contributed by atoms with E-state index in [9.17, 15) is 14.0 Å². The number of aliphatic carboxylic acids is 1. The predicted molar refractivity (Wildman–Crippen MR) is 114 cm³/mol. The van der Waals surface area contributed by atoms with Crippen molar-refractivity contribution in [3.63, 3.8) is 0 Å². The van der Waals surface area contributed by atoms with Gasteiger partial charge in [-0.2, -0.15) is 0 Å². The van der Waals surface area contributed by atoms with Gasteiger partial charge >= 0.3 is 5.97 Å². The molecule has 162 valence electrons. The quantitative estimate of drug-likeness (QED) is 0.770. The Morgan fingerprint density at radius 1 is 1.23 bits per heavy atom. The molecule has 0 radical (unpaired) electrons. The van der Waals surface area contributed by atoms with Gasteiger partial charge in [-0.1, -0.05) is 25.4 Å². The van der Waals surface area contributed by atoms with E-state index in [2.05, 4.69) is 13.8 Å². The van der Waals surface area contributed by atoms with Gasteiger partial charge in [-0.3, -0.25) is 9.59 Å². The average Bonchev–Trinajstić information content (AvgIpc) is 3.06. The molecule has 1 saturated heterocycles. The van der Waals surface area contributed by atoms with E-state index in [1.165, 1.54) is 6.07 Å². The molecule has 1 aliphatic carbocycles. The first-order valence-electron chi connectivity index (χ1n) is 10.4. The largest absolute Gasteiger partial charge is 0.481 e. The van der Waals surface area contributed by atoms with Gasteiger partial charge in [0.15, 0.2) is 0 Å². The van der Waals surface area contributed by atoms with Crippen LogP contribution in [0.3, 0.4) is 0 Å². The molecule has 1 N–H and O–H groups in total. The van der Waals surface area contributed by atoms with Crippen LogP contribution in [0.15, 0.2) is 30.3 Å². The third-order valence-corrected chi connectivity index (χ3v) is 7.17. The molecular weight excluding hydrogens is 421 g/mol. The number of hydrogen-bond donors (Lipinski definition) is 1. The SMILES string of the molecule is CC1(C)CN(c2ccc(Cl)c(F)c2)c2ccc(C(=O)N3C[C@@H]4C(CC(=O)O)[C@@H]4C3)nc21. The molecule has 3 aliphatic rings. The number of amides is 1.